The van der Waals surface area contributed by atoms with Gasteiger partial charge in [0.05, 0.1) is 6.10 Å². The van der Waals surface area contributed by atoms with Gasteiger partial charge in [0.15, 0.2) is 6.10 Å². The lowest BCUT2D eigenvalue weighted by Crippen LogP contribution is -2.45. The first-order chi connectivity index (χ1) is 16.4. The van der Waals surface area contributed by atoms with Crippen LogP contribution in [0.5, 0.6) is 0 Å². The molecule has 2 atom stereocenters. The van der Waals surface area contributed by atoms with Gasteiger partial charge in [0.25, 0.3) is 5.91 Å². The number of carbonyl (C=O) groups is 2. The van der Waals surface area contributed by atoms with Gasteiger partial charge in [-0.05, 0) is 53.3 Å². The predicted molar refractivity (Wildman–Crippen MR) is 128 cm³/mol. The van der Waals surface area contributed by atoms with Crippen molar-refractivity contribution >= 4 is 12.3 Å². The lowest BCUT2D eigenvalue weighted by Gasteiger charge is -2.31. The molecule has 7 heteroatoms. The Kier molecular flexibility index (Phi) is 8.90. The molecule has 1 heterocycles. The summed E-state index contributed by atoms with van der Waals surface area (Å²) in [5, 5.41) is 21.4. The molecule has 3 aromatic carbocycles. The molecule has 0 saturated carbocycles. The number of nitrogens with zero attached hydrogens (tertiary/aromatic N) is 1. The molecular weight excluding hydrogens is 435 g/mol. The maximum Gasteiger partial charge on any atom is 0.254 e. The quantitative estimate of drug-likeness (QED) is 0.489. The molecular formula is C27H29FN2O4. The first-order valence-electron chi connectivity index (χ1n) is 11.1. The smallest absolute Gasteiger partial charge is 0.254 e. The first-order valence-corrected chi connectivity index (χ1v) is 11.1. The van der Waals surface area contributed by atoms with Gasteiger partial charge >= 0.3 is 0 Å². The molecule has 0 aromatic heterocycles. The van der Waals surface area contributed by atoms with E-state index in [2.05, 4.69) is 11.4 Å². The van der Waals surface area contributed by atoms with Gasteiger partial charge in [0.1, 0.15) is 5.82 Å². The molecule has 0 radical (unpaired) electrons. The van der Waals surface area contributed by atoms with E-state index in [0.717, 1.165) is 28.7 Å². The Morgan fingerprint density at radius 3 is 2.18 bits per heavy atom. The van der Waals surface area contributed by atoms with Crippen LogP contribution in [-0.2, 0) is 29.1 Å². The van der Waals surface area contributed by atoms with Crippen LogP contribution in [0.3, 0.4) is 0 Å². The third-order valence-corrected chi connectivity index (χ3v) is 5.67. The van der Waals surface area contributed by atoms with E-state index in [1.807, 2.05) is 42.5 Å². The molecule has 0 aliphatic carbocycles. The Hall–Kier alpha value is -3.55. The molecule has 2 amide bonds. The zero-order chi connectivity index (χ0) is 24.5. The number of hydrogen-bond donors (Lipinski definition) is 3. The van der Waals surface area contributed by atoms with Crippen molar-refractivity contribution in [2.75, 3.05) is 6.54 Å². The molecule has 0 spiro atoms. The van der Waals surface area contributed by atoms with Crippen molar-refractivity contribution in [1.82, 2.24) is 10.2 Å². The SMILES string of the molecule is CC(O)C(O)C(=O)N1CCc2ccccc2C1.O=CNCc1ccc(-c2ccc(F)cc2)cc1. The molecule has 1 aliphatic rings. The van der Waals surface area contributed by atoms with Crippen LogP contribution in [0, 0.1) is 5.82 Å². The van der Waals surface area contributed by atoms with Crippen molar-refractivity contribution < 1.29 is 24.2 Å². The minimum absolute atomic E-state index is 0.236. The van der Waals surface area contributed by atoms with E-state index in [1.165, 1.54) is 24.6 Å². The number of rotatable bonds is 6. The largest absolute Gasteiger partial charge is 0.390 e. The van der Waals surface area contributed by atoms with Crippen LogP contribution >= 0.6 is 0 Å². The third kappa shape index (κ3) is 6.73. The van der Waals surface area contributed by atoms with E-state index in [9.17, 15) is 24.2 Å². The summed E-state index contributed by atoms with van der Waals surface area (Å²) >= 11 is 0. The molecule has 0 bridgehead atoms. The summed E-state index contributed by atoms with van der Waals surface area (Å²) < 4.78 is 12.8. The molecule has 3 aromatic rings. The average Bonchev–Trinajstić information content (AvgIpc) is 2.87. The Labute approximate surface area is 198 Å². The summed E-state index contributed by atoms with van der Waals surface area (Å²) in [5.74, 6) is -0.630. The predicted octanol–water partition coefficient (Wildman–Crippen LogP) is 3.05. The fourth-order valence-corrected chi connectivity index (χ4v) is 3.69. The highest BCUT2D eigenvalue weighted by molar-refractivity contribution is 5.81. The second-order valence-corrected chi connectivity index (χ2v) is 8.17. The van der Waals surface area contributed by atoms with Crippen LogP contribution < -0.4 is 5.32 Å². The fourth-order valence-electron chi connectivity index (χ4n) is 3.69. The minimum atomic E-state index is -1.32. The van der Waals surface area contributed by atoms with Gasteiger partial charge in [0, 0.05) is 19.6 Å². The second kappa shape index (κ2) is 12.1. The average molecular weight is 465 g/mol. The number of halogens is 1. The van der Waals surface area contributed by atoms with E-state index in [4.69, 9.17) is 0 Å². The summed E-state index contributed by atoms with van der Waals surface area (Å²) in [6.45, 7) is 3.05. The monoisotopic (exact) mass is 464 g/mol. The number of amides is 2. The van der Waals surface area contributed by atoms with Crippen molar-refractivity contribution in [2.45, 2.75) is 38.6 Å². The van der Waals surface area contributed by atoms with Crippen LogP contribution in [0.25, 0.3) is 11.1 Å². The van der Waals surface area contributed by atoms with Crippen molar-refractivity contribution in [3.8, 4) is 11.1 Å². The van der Waals surface area contributed by atoms with Gasteiger partial charge in [-0.25, -0.2) is 4.39 Å². The van der Waals surface area contributed by atoms with Crippen molar-refractivity contribution in [3.63, 3.8) is 0 Å². The Morgan fingerprint density at radius 1 is 1.00 bits per heavy atom. The van der Waals surface area contributed by atoms with E-state index >= 15 is 0 Å². The van der Waals surface area contributed by atoms with Gasteiger partial charge in [-0.1, -0.05) is 60.7 Å². The number of aliphatic hydroxyl groups excluding tert-OH is 2. The Bertz CT molecular complexity index is 1080. The van der Waals surface area contributed by atoms with E-state index in [1.54, 1.807) is 17.0 Å². The maximum atomic E-state index is 12.8. The number of hydrogen-bond acceptors (Lipinski definition) is 4. The first kappa shape index (κ1) is 25.1. The summed E-state index contributed by atoms with van der Waals surface area (Å²) in [7, 11) is 0. The van der Waals surface area contributed by atoms with Gasteiger partial charge in [0.2, 0.25) is 6.41 Å². The molecule has 4 rings (SSSR count). The van der Waals surface area contributed by atoms with Crippen LogP contribution in [0.1, 0.15) is 23.6 Å². The van der Waals surface area contributed by atoms with Gasteiger partial charge in [-0.15, -0.1) is 0 Å². The number of aliphatic hydroxyl groups is 2. The number of fused-ring (bicyclic) bond motifs is 1. The van der Waals surface area contributed by atoms with E-state index in [0.29, 0.717) is 26.0 Å². The van der Waals surface area contributed by atoms with Crippen molar-refractivity contribution in [3.05, 3.63) is 95.3 Å². The Morgan fingerprint density at radius 2 is 1.59 bits per heavy atom. The standard InChI is InChI=1S/C14H12FNO.C13H17NO3/c15-14-7-5-13(6-8-14)12-3-1-11(2-4-12)9-16-10-17;1-9(15)12(16)13(17)14-7-6-10-4-2-3-5-11(10)8-14/h1-8,10H,9H2,(H,16,17);2-5,9,12,15-16H,6-8H2,1H3. The van der Waals surface area contributed by atoms with Crippen LogP contribution in [0.2, 0.25) is 0 Å². The lowest BCUT2D eigenvalue weighted by atomic mass is 9.99. The number of carbonyl (C=O) groups excluding carboxylic acids is 2. The van der Waals surface area contributed by atoms with Crippen molar-refractivity contribution in [1.29, 1.82) is 0 Å². The third-order valence-electron chi connectivity index (χ3n) is 5.67. The summed E-state index contributed by atoms with van der Waals surface area (Å²) in [6, 6.07) is 22.1. The van der Waals surface area contributed by atoms with Crippen molar-refractivity contribution in [2.24, 2.45) is 0 Å². The molecule has 34 heavy (non-hydrogen) atoms. The van der Waals surface area contributed by atoms with E-state index in [-0.39, 0.29) is 5.82 Å². The van der Waals surface area contributed by atoms with Crippen LogP contribution in [-0.4, -0.2) is 46.2 Å². The topological polar surface area (TPSA) is 89.9 Å². The molecule has 6 nitrogen and oxygen atoms in total. The van der Waals surface area contributed by atoms with Gasteiger partial charge < -0.3 is 20.4 Å². The lowest BCUT2D eigenvalue weighted by molar-refractivity contribution is -0.146. The van der Waals surface area contributed by atoms with Crippen LogP contribution in [0.4, 0.5) is 4.39 Å². The Balaban J connectivity index is 0.000000191. The minimum Gasteiger partial charge on any atom is -0.390 e. The fraction of sp³-hybridized carbons (Fsp3) is 0.259. The zero-order valence-corrected chi connectivity index (χ0v) is 19.0. The highest BCUT2D eigenvalue weighted by Gasteiger charge is 2.28. The molecule has 178 valence electrons. The molecule has 0 fully saturated rings. The van der Waals surface area contributed by atoms with Crippen LogP contribution in [0.15, 0.2) is 72.8 Å². The molecule has 2 unspecified atom stereocenters. The maximum absolute atomic E-state index is 12.8. The summed E-state index contributed by atoms with van der Waals surface area (Å²) in [4.78, 5) is 23.6. The normalized spacial score (nSPS) is 14.2. The molecule has 3 N–H and O–H groups in total. The molecule has 1 aliphatic heterocycles. The highest BCUT2D eigenvalue weighted by Crippen LogP contribution is 2.20. The highest BCUT2D eigenvalue weighted by atomic mass is 19.1. The van der Waals surface area contributed by atoms with E-state index < -0.39 is 18.1 Å². The number of benzene rings is 3. The summed E-state index contributed by atoms with van der Waals surface area (Å²) in [5.41, 5.74) is 5.40. The number of nitrogens with one attached hydrogen (secondary N) is 1. The van der Waals surface area contributed by atoms with Gasteiger partial charge in [-0.2, -0.15) is 0 Å². The summed E-state index contributed by atoms with van der Waals surface area (Å²) in [6.07, 6.45) is -0.873. The molecule has 0 saturated heterocycles. The zero-order valence-electron chi connectivity index (χ0n) is 19.0. The second-order valence-electron chi connectivity index (χ2n) is 8.17. The van der Waals surface area contributed by atoms with Gasteiger partial charge in [-0.3, -0.25) is 9.59 Å².